The lowest BCUT2D eigenvalue weighted by Crippen LogP contribution is -2.35. The quantitative estimate of drug-likeness (QED) is 0.882. The fourth-order valence-electron chi connectivity index (χ4n) is 1.41. The van der Waals surface area contributed by atoms with Gasteiger partial charge in [0.1, 0.15) is 6.09 Å². The summed E-state index contributed by atoms with van der Waals surface area (Å²) in [5.74, 6) is 0. The highest BCUT2D eigenvalue weighted by Crippen LogP contribution is 2.34. The van der Waals surface area contributed by atoms with E-state index < -0.39 is 39.1 Å². The van der Waals surface area contributed by atoms with Crippen LogP contribution in [0.5, 0.6) is 0 Å². The number of halogens is 3. The maximum absolute atomic E-state index is 12.7. The molecule has 0 bridgehead atoms. The van der Waals surface area contributed by atoms with Crippen molar-refractivity contribution in [3.05, 3.63) is 29.3 Å². The summed E-state index contributed by atoms with van der Waals surface area (Å²) in [7, 11) is -4.03. The van der Waals surface area contributed by atoms with Gasteiger partial charge in [0, 0.05) is 12.8 Å². The minimum absolute atomic E-state index is 0.0241. The monoisotopic (exact) mass is 296 g/mol. The third-order valence-electron chi connectivity index (χ3n) is 2.19. The van der Waals surface area contributed by atoms with Crippen LogP contribution in [0, 0.1) is 0 Å². The second-order valence-electron chi connectivity index (χ2n) is 3.74. The van der Waals surface area contributed by atoms with Crippen molar-refractivity contribution < 1.29 is 31.5 Å². The number of hydrogen-bond acceptors (Lipinski definition) is 4. The summed E-state index contributed by atoms with van der Waals surface area (Å²) in [5.41, 5.74) is -1.35. The molecule has 0 spiro atoms. The molecule has 1 N–H and O–H groups in total. The van der Waals surface area contributed by atoms with Gasteiger partial charge in [-0.1, -0.05) is 6.07 Å². The van der Waals surface area contributed by atoms with Gasteiger partial charge in [0.15, 0.2) is 9.84 Å². The molecule has 1 rings (SSSR count). The Kier molecular flexibility index (Phi) is 4.09. The van der Waals surface area contributed by atoms with Crippen LogP contribution in [0.25, 0.3) is 0 Å². The van der Waals surface area contributed by atoms with Gasteiger partial charge in [0.05, 0.1) is 10.5 Å². The number of hydrogen-bond donors (Lipinski definition) is 1. The van der Waals surface area contributed by atoms with Crippen molar-refractivity contribution in [2.45, 2.75) is 17.6 Å². The maximum atomic E-state index is 12.7. The molecule has 0 aromatic heterocycles. The van der Waals surface area contributed by atoms with E-state index in [-0.39, 0.29) is 5.56 Å². The first-order chi connectivity index (χ1) is 8.51. The Labute approximate surface area is 107 Å². The molecule has 1 aromatic rings. The Morgan fingerprint density at radius 1 is 1.37 bits per heavy atom. The predicted octanol–water partition coefficient (Wildman–Crippen LogP) is 0.542. The molecule has 5 nitrogen and oxygen atoms in total. The van der Waals surface area contributed by atoms with Gasteiger partial charge in [-0.3, -0.25) is 0 Å². The average molecular weight is 296 g/mol. The van der Waals surface area contributed by atoms with Gasteiger partial charge < -0.3 is 15.2 Å². The second kappa shape index (κ2) is 5.08. The molecule has 1 aromatic carbocycles. The Morgan fingerprint density at radius 3 is 2.37 bits per heavy atom. The van der Waals surface area contributed by atoms with Crippen molar-refractivity contribution in [1.82, 2.24) is 5.32 Å². The molecule has 0 aliphatic heterocycles. The Hall–Kier alpha value is -1.77. The Bertz CT molecular complexity index is 595. The summed E-state index contributed by atoms with van der Waals surface area (Å²) >= 11 is 0. The van der Waals surface area contributed by atoms with Crippen molar-refractivity contribution in [3.63, 3.8) is 0 Å². The molecule has 9 heteroatoms. The predicted molar refractivity (Wildman–Crippen MR) is 56.8 cm³/mol. The number of sulfone groups is 1. The Balaban J connectivity index is 3.28. The number of alkyl halides is 3. The van der Waals surface area contributed by atoms with E-state index in [2.05, 4.69) is 0 Å². The van der Waals surface area contributed by atoms with E-state index in [0.717, 1.165) is 12.1 Å². The summed E-state index contributed by atoms with van der Waals surface area (Å²) in [5, 5.41) is 11.9. The van der Waals surface area contributed by atoms with E-state index in [0.29, 0.717) is 12.3 Å². The first-order valence-electron chi connectivity index (χ1n) is 4.87. The molecule has 0 saturated carbocycles. The number of nitrogens with one attached hydrogen (secondary N) is 1. The lowest BCUT2D eigenvalue weighted by Gasteiger charge is -2.14. The molecule has 0 unspecified atom stereocenters. The molecule has 106 valence electrons. The number of amides is 1. The number of carboxylic acid groups (broad SMARTS) is 1. The van der Waals surface area contributed by atoms with Crippen LogP contribution in [-0.2, 0) is 22.6 Å². The molecule has 0 heterocycles. The largest absolute Gasteiger partial charge is 0.530 e. The number of carbonyl (C=O) groups excluding carboxylic acids is 1. The maximum Gasteiger partial charge on any atom is 0.417 e. The first kappa shape index (κ1) is 15.3. The van der Waals surface area contributed by atoms with Gasteiger partial charge in [0.2, 0.25) is 0 Å². The van der Waals surface area contributed by atoms with E-state index in [1.54, 1.807) is 5.32 Å². The summed E-state index contributed by atoms with van der Waals surface area (Å²) < 4.78 is 60.7. The van der Waals surface area contributed by atoms with E-state index in [4.69, 9.17) is 0 Å². The first-order valence-corrected chi connectivity index (χ1v) is 6.76. The summed E-state index contributed by atoms with van der Waals surface area (Å²) in [4.78, 5) is 9.29. The summed E-state index contributed by atoms with van der Waals surface area (Å²) in [6.45, 7) is -0.407. The minimum atomic E-state index is -4.85. The summed E-state index contributed by atoms with van der Waals surface area (Å²) in [6.07, 6.45) is -5.83. The third-order valence-corrected chi connectivity index (χ3v) is 3.34. The van der Waals surface area contributed by atoms with E-state index in [9.17, 15) is 31.5 Å². The van der Waals surface area contributed by atoms with Crippen molar-refractivity contribution in [1.29, 1.82) is 0 Å². The third kappa shape index (κ3) is 4.12. The zero-order valence-corrected chi connectivity index (χ0v) is 10.4. The second-order valence-corrected chi connectivity index (χ2v) is 5.73. The topological polar surface area (TPSA) is 86.3 Å². The van der Waals surface area contributed by atoms with Gasteiger partial charge in [-0.05, 0) is 17.7 Å². The molecule has 19 heavy (non-hydrogen) atoms. The van der Waals surface area contributed by atoms with Crippen LogP contribution in [0.1, 0.15) is 11.1 Å². The number of benzene rings is 1. The van der Waals surface area contributed by atoms with E-state index in [1.165, 1.54) is 0 Å². The van der Waals surface area contributed by atoms with Crippen LogP contribution in [0.15, 0.2) is 23.1 Å². The van der Waals surface area contributed by atoms with Crippen molar-refractivity contribution >= 4 is 15.9 Å². The molecule has 0 saturated heterocycles. The Morgan fingerprint density at radius 2 is 1.95 bits per heavy atom. The van der Waals surface area contributed by atoms with Crippen LogP contribution in [-0.4, -0.2) is 20.8 Å². The van der Waals surface area contributed by atoms with Gasteiger partial charge in [-0.15, -0.1) is 0 Å². The van der Waals surface area contributed by atoms with E-state index >= 15 is 0 Å². The van der Waals surface area contributed by atoms with Crippen LogP contribution in [0.4, 0.5) is 18.0 Å². The van der Waals surface area contributed by atoms with Gasteiger partial charge >= 0.3 is 6.18 Å². The average Bonchev–Trinajstić information content (AvgIpc) is 2.23. The van der Waals surface area contributed by atoms with Crippen molar-refractivity contribution in [2.75, 3.05) is 6.26 Å². The minimum Gasteiger partial charge on any atom is -0.530 e. The lowest BCUT2D eigenvalue weighted by molar-refractivity contribution is -0.251. The SMILES string of the molecule is CS(=O)(=O)c1ccc(CNC(=O)[O-])cc1C(F)(F)F. The zero-order valence-electron chi connectivity index (χ0n) is 9.61. The molecule has 0 radical (unpaired) electrons. The molecule has 0 fully saturated rings. The molecular formula is C10H9F3NO4S-. The van der Waals surface area contributed by atoms with Crippen molar-refractivity contribution in [3.8, 4) is 0 Å². The van der Waals surface area contributed by atoms with E-state index in [1.807, 2.05) is 0 Å². The fourth-order valence-corrected chi connectivity index (χ4v) is 2.30. The normalized spacial score (nSPS) is 12.2. The highest BCUT2D eigenvalue weighted by molar-refractivity contribution is 7.90. The highest BCUT2D eigenvalue weighted by atomic mass is 32.2. The number of rotatable bonds is 3. The van der Waals surface area contributed by atoms with Crippen LogP contribution in [0.3, 0.4) is 0 Å². The fraction of sp³-hybridized carbons (Fsp3) is 0.300. The van der Waals surface area contributed by atoms with Crippen LogP contribution < -0.4 is 10.4 Å². The van der Waals surface area contributed by atoms with Crippen molar-refractivity contribution in [2.24, 2.45) is 0 Å². The molecule has 0 atom stereocenters. The summed E-state index contributed by atoms with van der Waals surface area (Å²) in [6, 6.07) is 2.48. The zero-order chi connectivity index (χ0) is 14.8. The smallest absolute Gasteiger partial charge is 0.417 e. The molecular weight excluding hydrogens is 287 g/mol. The highest BCUT2D eigenvalue weighted by Gasteiger charge is 2.36. The molecule has 0 aliphatic rings. The van der Waals surface area contributed by atoms with Gasteiger partial charge in [0.25, 0.3) is 0 Å². The van der Waals surface area contributed by atoms with Gasteiger partial charge in [-0.25, -0.2) is 8.42 Å². The lowest BCUT2D eigenvalue weighted by atomic mass is 10.1. The number of carbonyl (C=O) groups is 1. The van der Waals surface area contributed by atoms with Crippen LogP contribution in [0.2, 0.25) is 0 Å². The van der Waals surface area contributed by atoms with Gasteiger partial charge in [-0.2, -0.15) is 13.2 Å². The van der Waals surface area contributed by atoms with Crippen LogP contribution >= 0.6 is 0 Å². The standard InChI is InChI=1S/C10H10F3NO4S/c1-19(17,18)8-3-2-6(5-14-9(15)16)4-7(8)10(11,12)13/h2-4,14H,5H2,1H3,(H,15,16)/p-1. The molecule has 0 aliphatic carbocycles. The molecule has 1 amide bonds.